The van der Waals surface area contributed by atoms with Gasteiger partial charge in [0.15, 0.2) is 6.10 Å². The summed E-state index contributed by atoms with van der Waals surface area (Å²) in [6, 6.07) is 14.1. The number of hydrogen-bond acceptors (Lipinski definition) is 4. The van der Waals surface area contributed by atoms with Crippen LogP contribution in [0.25, 0.3) is 0 Å². The third-order valence-corrected chi connectivity index (χ3v) is 5.83. The zero-order valence-electron chi connectivity index (χ0n) is 12.2. The summed E-state index contributed by atoms with van der Waals surface area (Å²) in [5, 5.41) is 0.420. The van der Waals surface area contributed by atoms with Gasteiger partial charge in [-0.25, -0.2) is 13.2 Å². The van der Waals surface area contributed by atoms with Gasteiger partial charge in [-0.1, -0.05) is 41.9 Å². The fraction of sp³-hybridized carbons (Fsp3) is 0.188. The van der Waals surface area contributed by atoms with E-state index in [1.54, 1.807) is 19.1 Å². The van der Waals surface area contributed by atoms with Gasteiger partial charge in [-0.2, -0.15) is 4.31 Å². The first-order valence-corrected chi connectivity index (χ1v) is 8.78. The average Bonchev–Trinajstić information content (AvgIpc) is 2.84. The van der Waals surface area contributed by atoms with Gasteiger partial charge in [-0.15, -0.1) is 0 Å². The summed E-state index contributed by atoms with van der Waals surface area (Å²) in [5.41, 5.74) is 0.752. The first kappa shape index (κ1) is 15.8. The predicted octanol–water partition coefficient (Wildman–Crippen LogP) is 3.61. The van der Waals surface area contributed by atoms with E-state index < -0.39 is 28.3 Å². The number of amides is 1. The number of carbonyl (C=O) groups excluding carboxylic acids is 1. The molecule has 1 aliphatic heterocycles. The molecule has 0 N–H and O–H groups in total. The fourth-order valence-corrected chi connectivity index (χ4v) is 4.20. The van der Waals surface area contributed by atoms with Crippen molar-refractivity contribution in [1.29, 1.82) is 0 Å². The molecule has 5 nitrogen and oxygen atoms in total. The van der Waals surface area contributed by atoms with Crippen LogP contribution in [0.3, 0.4) is 0 Å². The van der Waals surface area contributed by atoms with Crippen LogP contribution in [0.1, 0.15) is 18.6 Å². The summed E-state index contributed by atoms with van der Waals surface area (Å²) >= 11 is 5.78. The molecule has 1 aliphatic rings. The maximum Gasteiger partial charge on any atom is 0.424 e. The van der Waals surface area contributed by atoms with Gasteiger partial charge in [0.1, 0.15) is 0 Å². The topological polar surface area (TPSA) is 63.7 Å². The van der Waals surface area contributed by atoms with Crippen LogP contribution >= 0.6 is 11.6 Å². The van der Waals surface area contributed by atoms with Crippen molar-refractivity contribution in [3.05, 3.63) is 65.2 Å². The molecule has 1 amide bonds. The van der Waals surface area contributed by atoms with Crippen LogP contribution in [-0.4, -0.2) is 24.9 Å². The van der Waals surface area contributed by atoms with Crippen molar-refractivity contribution >= 4 is 27.7 Å². The number of ether oxygens (including phenoxy) is 1. The van der Waals surface area contributed by atoms with Crippen LogP contribution in [0.15, 0.2) is 59.5 Å². The van der Waals surface area contributed by atoms with Crippen molar-refractivity contribution in [2.24, 2.45) is 0 Å². The van der Waals surface area contributed by atoms with Gasteiger partial charge < -0.3 is 4.74 Å². The number of cyclic esters (lactones) is 1. The number of halogens is 1. The molecule has 2 unspecified atom stereocenters. The van der Waals surface area contributed by atoms with Crippen molar-refractivity contribution in [3.63, 3.8) is 0 Å². The minimum atomic E-state index is -3.99. The molecule has 0 spiro atoms. The van der Waals surface area contributed by atoms with Crippen LogP contribution in [0.5, 0.6) is 0 Å². The number of sulfonamides is 1. The van der Waals surface area contributed by atoms with E-state index in [1.165, 1.54) is 24.3 Å². The SMILES string of the molecule is CC1C(c2ccccc2)OC(=O)N1S(=O)(=O)c1ccc(Cl)cc1. The van der Waals surface area contributed by atoms with Gasteiger partial charge >= 0.3 is 6.09 Å². The molecule has 1 fully saturated rings. The van der Waals surface area contributed by atoms with Crippen LogP contribution in [-0.2, 0) is 14.8 Å². The minimum absolute atomic E-state index is 0.000545. The second-order valence-corrected chi connectivity index (χ2v) is 7.46. The lowest BCUT2D eigenvalue weighted by molar-refractivity contribution is 0.133. The Labute approximate surface area is 139 Å². The largest absolute Gasteiger partial charge is 0.438 e. The first-order chi connectivity index (χ1) is 10.9. The van der Waals surface area contributed by atoms with Gasteiger partial charge in [0.05, 0.1) is 10.9 Å². The molecular weight excluding hydrogens is 338 g/mol. The Hall–Kier alpha value is -2.05. The summed E-state index contributed by atoms with van der Waals surface area (Å²) in [6.07, 6.45) is -1.51. The standard InChI is InChI=1S/C16H14ClNO4S/c1-11-15(12-5-3-2-4-6-12)22-16(19)18(11)23(20,21)14-9-7-13(17)8-10-14/h2-11,15H,1H3. The molecule has 23 heavy (non-hydrogen) atoms. The first-order valence-electron chi connectivity index (χ1n) is 6.97. The van der Waals surface area contributed by atoms with Gasteiger partial charge in [0.25, 0.3) is 10.0 Å². The Bertz CT molecular complexity index is 821. The summed E-state index contributed by atoms with van der Waals surface area (Å²) < 4.78 is 31.5. The molecule has 0 aliphatic carbocycles. The van der Waals surface area contributed by atoms with Crippen molar-refractivity contribution in [3.8, 4) is 0 Å². The number of benzene rings is 2. The van der Waals surface area contributed by atoms with Crippen LogP contribution < -0.4 is 0 Å². The number of nitrogens with zero attached hydrogens (tertiary/aromatic N) is 1. The molecule has 0 saturated carbocycles. The van der Waals surface area contributed by atoms with Crippen LogP contribution in [0, 0.1) is 0 Å². The van der Waals surface area contributed by atoms with Gasteiger partial charge in [-0.05, 0) is 36.8 Å². The smallest absolute Gasteiger partial charge is 0.424 e. The second-order valence-electron chi connectivity index (χ2n) is 5.21. The highest BCUT2D eigenvalue weighted by Gasteiger charge is 2.46. The highest BCUT2D eigenvalue weighted by Crippen LogP contribution is 2.36. The van der Waals surface area contributed by atoms with E-state index in [1.807, 2.05) is 18.2 Å². The Balaban J connectivity index is 1.96. The van der Waals surface area contributed by atoms with Crippen LogP contribution in [0.4, 0.5) is 4.79 Å². The van der Waals surface area contributed by atoms with E-state index in [-0.39, 0.29) is 4.90 Å². The molecule has 1 heterocycles. The average molecular weight is 352 g/mol. The molecule has 1 saturated heterocycles. The van der Waals surface area contributed by atoms with Gasteiger partial charge in [0.2, 0.25) is 0 Å². The molecule has 0 radical (unpaired) electrons. The minimum Gasteiger partial charge on any atom is -0.438 e. The van der Waals surface area contributed by atoms with E-state index >= 15 is 0 Å². The molecular formula is C16H14ClNO4S. The van der Waals surface area contributed by atoms with Crippen molar-refractivity contribution in [1.82, 2.24) is 4.31 Å². The zero-order chi connectivity index (χ0) is 16.6. The molecule has 0 bridgehead atoms. The Kier molecular flexibility index (Phi) is 4.04. The van der Waals surface area contributed by atoms with E-state index in [9.17, 15) is 13.2 Å². The van der Waals surface area contributed by atoms with Crippen molar-refractivity contribution in [2.75, 3.05) is 0 Å². The highest BCUT2D eigenvalue weighted by atomic mass is 35.5. The van der Waals surface area contributed by atoms with E-state index in [0.29, 0.717) is 5.02 Å². The van der Waals surface area contributed by atoms with E-state index in [2.05, 4.69) is 0 Å². The summed E-state index contributed by atoms with van der Waals surface area (Å²) in [7, 11) is -3.99. The summed E-state index contributed by atoms with van der Waals surface area (Å²) in [5.74, 6) is 0. The number of rotatable bonds is 3. The number of hydrogen-bond donors (Lipinski definition) is 0. The summed E-state index contributed by atoms with van der Waals surface area (Å²) in [4.78, 5) is 12.2. The number of carbonyl (C=O) groups is 1. The maximum absolute atomic E-state index is 12.7. The highest BCUT2D eigenvalue weighted by molar-refractivity contribution is 7.89. The lowest BCUT2D eigenvalue weighted by Crippen LogP contribution is -2.37. The fourth-order valence-electron chi connectivity index (χ4n) is 2.57. The molecule has 2 aromatic rings. The Morgan fingerprint density at radius 3 is 2.26 bits per heavy atom. The zero-order valence-corrected chi connectivity index (χ0v) is 13.8. The molecule has 120 valence electrons. The molecule has 3 rings (SSSR count). The Morgan fingerprint density at radius 1 is 1.04 bits per heavy atom. The molecule has 7 heteroatoms. The van der Waals surface area contributed by atoms with Crippen LogP contribution in [0.2, 0.25) is 5.02 Å². The van der Waals surface area contributed by atoms with E-state index in [4.69, 9.17) is 16.3 Å². The third kappa shape index (κ3) is 2.80. The second kappa shape index (κ2) is 5.86. The predicted molar refractivity (Wildman–Crippen MR) is 85.6 cm³/mol. The van der Waals surface area contributed by atoms with Gasteiger partial charge in [0, 0.05) is 5.02 Å². The third-order valence-electron chi connectivity index (χ3n) is 3.71. The molecule has 2 aromatic carbocycles. The molecule has 0 aromatic heterocycles. The quantitative estimate of drug-likeness (QED) is 0.847. The monoisotopic (exact) mass is 351 g/mol. The Morgan fingerprint density at radius 2 is 1.65 bits per heavy atom. The normalized spacial score (nSPS) is 21.3. The molecule has 2 atom stereocenters. The lowest BCUT2D eigenvalue weighted by atomic mass is 10.0. The van der Waals surface area contributed by atoms with Gasteiger partial charge in [-0.3, -0.25) is 0 Å². The van der Waals surface area contributed by atoms with E-state index in [0.717, 1.165) is 9.87 Å². The maximum atomic E-state index is 12.7. The lowest BCUT2D eigenvalue weighted by Gasteiger charge is -2.20. The summed E-state index contributed by atoms with van der Waals surface area (Å²) in [6.45, 7) is 1.65. The van der Waals surface area contributed by atoms with Crippen molar-refractivity contribution in [2.45, 2.75) is 24.0 Å². The van der Waals surface area contributed by atoms with Crippen molar-refractivity contribution < 1.29 is 17.9 Å².